The summed E-state index contributed by atoms with van der Waals surface area (Å²) in [5.74, 6) is 0.699. The van der Waals surface area contributed by atoms with Gasteiger partial charge >= 0.3 is 0 Å². The van der Waals surface area contributed by atoms with Crippen LogP contribution in [0, 0.1) is 0 Å². The maximum Gasteiger partial charge on any atom is 0.150 e. The van der Waals surface area contributed by atoms with Crippen molar-refractivity contribution in [3.8, 4) is 0 Å². The summed E-state index contributed by atoms with van der Waals surface area (Å²) in [6, 6.07) is 10.4. The molecule has 1 aliphatic rings. The number of carbonyl (C=O) groups excluding carboxylic acids is 1. The van der Waals surface area contributed by atoms with E-state index in [0.29, 0.717) is 18.1 Å². The molecule has 1 aromatic carbocycles. The van der Waals surface area contributed by atoms with Crippen molar-refractivity contribution in [2.24, 2.45) is 0 Å². The van der Waals surface area contributed by atoms with Gasteiger partial charge in [-0.15, -0.1) is 0 Å². The topological polar surface area (TPSA) is 29.1 Å². The van der Waals surface area contributed by atoms with Gasteiger partial charge in [0.25, 0.3) is 0 Å². The summed E-state index contributed by atoms with van der Waals surface area (Å²) in [6.45, 7) is 3.12. The van der Waals surface area contributed by atoms with Crippen LogP contribution in [0.15, 0.2) is 30.3 Å². The van der Waals surface area contributed by atoms with Gasteiger partial charge in [0.1, 0.15) is 5.78 Å². The predicted octanol–water partition coefficient (Wildman–Crippen LogP) is 2.50. The molecule has 0 aromatic heterocycles. The van der Waals surface area contributed by atoms with Gasteiger partial charge in [-0.3, -0.25) is 4.79 Å². The summed E-state index contributed by atoms with van der Waals surface area (Å²) < 4.78 is 0. The Morgan fingerprint density at radius 2 is 2.19 bits per heavy atom. The number of ketones is 1. The van der Waals surface area contributed by atoms with Gasteiger partial charge in [0, 0.05) is 6.42 Å². The van der Waals surface area contributed by atoms with E-state index in [0.717, 1.165) is 19.4 Å². The fraction of sp³-hybridized carbons (Fsp3) is 0.500. The molecule has 1 aliphatic heterocycles. The third kappa shape index (κ3) is 2.70. The molecular formula is C14H19NO. The molecule has 0 saturated carbocycles. The summed E-state index contributed by atoms with van der Waals surface area (Å²) in [6.07, 6.45) is 2.80. The zero-order valence-corrected chi connectivity index (χ0v) is 9.78. The van der Waals surface area contributed by atoms with Crippen LogP contribution in [0.25, 0.3) is 0 Å². The van der Waals surface area contributed by atoms with Crippen molar-refractivity contribution < 1.29 is 4.79 Å². The Hall–Kier alpha value is -1.15. The highest BCUT2D eigenvalue weighted by Crippen LogP contribution is 2.21. The zero-order chi connectivity index (χ0) is 11.4. The van der Waals surface area contributed by atoms with E-state index >= 15 is 0 Å². The maximum atomic E-state index is 12.0. The third-order valence-electron chi connectivity index (χ3n) is 3.32. The minimum Gasteiger partial charge on any atom is -0.307 e. The zero-order valence-electron chi connectivity index (χ0n) is 9.78. The lowest BCUT2D eigenvalue weighted by Crippen LogP contribution is -2.31. The molecule has 1 N–H and O–H groups in total. The second-order valence-electron chi connectivity index (χ2n) is 4.63. The minimum atomic E-state index is 0.117. The minimum absolute atomic E-state index is 0.117. The van der Waals surface area contributed by atoms with Crippen molar-refractivity contribution in [3.63, 3.8) is 0 Å². The molecule has 1 aromatic rings. The molecule has 16 heavy (non-hydrogen) atoms. The van der Waals surface area contributed by atoms with Crippen LogP contribution in [0.5, 0.6) is 0 Å². The lowest BCUT2D eigenvalue weighted by Gasteiger charge is -2.14. The standard InChI is InChI=1S/C14H19NO/c1-11(12-6-3-2-4-7-12)10-14(16)13-8-5-9-15-13/h2-4,6-7,11,13,15H,5,8-10H2,1H3/t11-,13-/m0/s1. The van der Waals surface area contributed by atoms with Crippen LogP contribution in [0.2, 0.25) is 0 Å². The van der Waals surface area contributed by atoms with Crippen molar-refractivity contribution in [1.29, 1.82) is 0 Å². The second-order valence-corrected chi connectivity index (χ2v) is 4.63. The molecule has 86 valence electrons. The molecule has 2 heteroatoms. The Morgan fingerprint density at radius 3 is 2.81 bits per heavy atom. The van der Waals surface area contributed by atoms with E-state index in [2.05, 4.69) is 24.4 Å². The van der Waals surface area contributed by atoms with Gasteiger partial charge in [0.2, 0.25) is 0 Å². The van der Waals surface area contributed by atoms with Crippen molar-refractivity contribution in [2.75, 3.05) is 6.54 Å². The van der Waals surface area contributed by atoms with E-state index in [-0.39, 0.29) is 6.04 Å². The molecule has 1 fully saturated rings. The van der Waals surface area contributed by atoms with Crippen LogP contribution >= 0.6 is 0 Å². The van der Waals surface area contributed by atoms with Crippen LogP contribution in [0.1, 0.15) is 37.7 Å². The Morgan fingerprint density at radius 1 is 1.44 bits per heavy atom. The Balaban J connectivity index is 1.92. The Kier molecular flexibility index (Phi) is 3.73. The summed E-state index contributed by atoms with van der Waals surface area (Å²) in [7, 11) is 0. The van der Waals surface area contributed by atoms with Crippen LogP contribution < -0.4 is 5.32 Å². The Bertz CT molecular complexity index is 341. The highest BCUT2D eigenvalue weighted by Gasteiger charge is 2.23. The largest absolute Gasteiger partial charge is 0.307 e. The first-order valence-electron chi connectivity index (χ1n) is 6.08. The molecule has 0 spiro atoms. The summed E-state index contributed by atoms with van der Waals surface area (Å²) in [5, 5.41) is 3.26. The number of Topliss-reactive ketones (excluding diaryl/α,β-unsaturated/α-hetero) is 1. The van der Waals surface area contributed by atoms with Gasteiger partial charge in [-0.2, -0.15) is 0 Å². The van der Waals surface area contributed by atoms with Crippen LogP contribution in [0.4, 0.5) is 0 Å². The molecule has 1 heterocycles. The number of hydrogen-bond donors (Lipinski definition) is 1. The third-order valence-corrected chi connectivity index (χ3v) is 3.32. The fourth-order valence-corrected chi connectivity index (χ4v) is 2.30. The summed E-state index contributed by atoms with van der Waals surface area (Å²) in [5.41, 5.74) is 1.26. The number of nitrogens with one attached hydrogen (secondary N) is 1. The molecule has 0 radical (unpaired) electrons. The predicted molar refractivity (Wildman–Crippen MR) is 65.5 cm³/mol. The first-order chi connectivity index (χ1) is 7.77. The van der Waals surface area contributed by atoms with Gasteiger partial charge in [0.15, 0.2) is 0 Å². The molecule has 0 bridgehead atoms. The molecular weight excluding hydrogens is 198 g/mol. The smallest absolute Gasteiger partial charge is 0.150 e. The molecule has 0 aliphatic carbocycles. The number of rotatable bonds is 4. The van der Waals surface area contributed by atoms with Crippen molar-refractivity contribution in [1.82, 2.24) is 5.32 Å². The van der Waals surface area contributed by atoms with E-state index < -0.39 is 0 Å². The number of carbonyl (C=O) groups is 1. The lowest BCUT2D eigenvalue weighted by atomic mass is 9.93. The number of benzene rings is 1. The molecule has 2 rings (SSSR count). The van der Waals surface area contributed by atoms with Gasteiger partial charge in [0.05, 0.1) is 6.04 Å². The average molecular weight is 217 g/mol. The summed E-state index contributed by atoms with van der Waals surface area (Å²) >= 11 is 0. The first-order valence-corrected chi connectivity index (χ1v) is 6.08. The number of hydrogen-bond acceptors (Lipinski definition) is 2. The molecule has 0 unspecified atom stereocenters. The van der Waals surface area contributed by atoms with E-state index in [9.17, 15) is 4.79 Å². The molecule has 1 saturated heterocycles. The van der Waals surface area contributed by atoms with Crippen LogP contribution in [-0.2, 0) is 4.79 Å². The Labute approximate surface area is 97.1 Å². The lowest BCUT2D eigenvalue weighted by molar-refractivity contribution is -0.121. The highest BCUT2D eigenvalue weighted by molar-refractivity contribution is 5.85. The monoisotopic (exact) mass is 217 g/mol. The SMILES string of the molecule is C[C@@H](CC(=O)[C@@H]1CCCN1)c1ccccc1. The molecule has 2 nitrogen and oxygen atoms in total. The van der Waals surface area contributed by atoms with Crippen LogP contribution in [0.3, 0.4) is 0 Å². The van der Waals surface area contributed by atoms with E-state index in [1.54, 1.807) is 0 Å². The fourth-order valence-electron chi connectivity index (χ4n) is 2.30. The highest BCUT2D eigenvalue weighted by atomic mass is 16.1. The van der Waals surface area contributed by atoms with Crippen molar-refractivity contribution in [3.05, 3.63) is 35.9 Å². The normalized spacial score (nSPS) is 21.9. The van der Waals surface area contributed by atoms with Crippen LogP contribution in [-0.4, -0.2) is 18.4 Å². The van der Waals surface area contributed by atoms with Gasteiger partial charge in [-0.1, -0.05) is 37.3 Å². The first kappa shape index (κ1) is 11.3. The van der Waals surface area contributed by atoms with Gasteiger partial charge < -0.3 is 5.32 Å². The van der Waals surface area contributed by atoms with Crippen molar-refractivity contribution in [2.45, 2.75) is 38.1 Å². The van der Waals surface area contributed by atoms with E-state index in [1.165, 1.54) is 5.56 Å². The quantitative estimate of drug-likeness (QED) is 0.839. The molecule has 0 amide bonds. The van der Waals surface area contributed by atoms with Gasteiger partial charge in [-0.05, 0) is 30.9 Å². The average Bonchev–Trinajstić information content (AvgIpc) is 2.83. The molecule has 2 atom stereocenters. The second kappa shape index (κ2) is 5.26. The van der Waals surface area contributed by atoms with E-state index in [1.807, 2.05) is 18.2 Å². The van der Waals surface area contributed by atoms with Gasteiger partial charge in [-0.25, -0.2) is 0 Å². The summed E-state index contributed by atoms with van der Waals surface area (Å²) in [4.78, 5) is 12.0. The maximum absolute atomic E-state index is 12.0. The van der Waals surface area contributed by atoms with E-state index in [4.69, 9.17) is 0 Å². The van der Waals surface area contributed by atoms with Crippen molar-refractivity contribution >= 4 is 5.78 Å².